The number of carboxylic acids is 1. The summed E-state index contributed by atoms with van der Waals surface area (Å²) in [5, 5.41) is 8.45. The number of aromatic nitrogens is 1. The molecule has 0 saturated carbocycles. The molecule has 0 bridgehead atoms. The van der Waals surface area contributed by atoms with Gasteiger partial charge in [0.1, 0.15) is 5.69 Å². The molecule has 1 heterocycles. The van der Waals surface area contributed by atoms with Crippen molar-refractivity contribution in [3.63, 3.8) is 0 Å². The number of hydrogen-bond donors (Lipinski definition) is 1. The topological polar surface area (TPSA) is 50.2 Å². The van der Waals surface area contributed by atoms with Gasteiger partial charge in [-0.25, -0.2) is 4.79 Å². The molecule has 0 radical (unpaired) electrons. The SMILES string of the molecule is Cc1cc(Cl)cnc1C(F)(F)C(=O)O. The van der Waals surface area contributed by atoms with E-state index in [1.54, 1.807) is 0 Å². The molecule has 76 valence electrons. The molecule has 1 N–H and O–H groups in total. The third-order valence-electron chi connectivity index (χ3n) is 1.61. The van der Waals surface area contributed by atoms with Crippen molar-refractivity contribution in [1.29, 1.82) is 0 Å². The zero-order valence-corrected chi connectivity index (χ0v) is 7.85. The molecule has 0 aliphatic heterocycles. The smallest absolute Gasteiger partial charge is 0.384 e. The van der Waals surface area contributed by atoms with Gasteiger partial charge in [0.15, 0.2) is 0 Å². The Hall–Kier alpha value is -1.23. The maximum absolute atomic E-state index is 13.0. The third-order valence-corrected chi connectivity index (χ3v) is 1.82. The number of hydrogen-bond acceptors (Lipinski definition) is 2. The number of nitrogens with zero attached hydrogens (tertiary/aromatic N) is 1. The predicted octanol–water partition coefficient (Wildman–Crippen LogP) is 2.22. The highest BCUT2D eigenvalue weighted by molar-refractivity contribution is 6.30. The predicted molar refractivity (Wildman–Crippen MR) is 45.5 cm³/mol. The molecule has 0 spiro atoms. The minimum atomic E-state index is -3.98. The fourth-order valence-corrected chi connectivity index (χ4v) is 1.18. The summed E-state index contributed by atoms with van der Waals surface area (Å²) >= 11 is 5.49. The molecule has 1 aromatic heterocycles. The van der Waals surface area contributed by atoms with Crippen LogP contribution in [0.5, 0.6) is 0 Å². The molecule has 3 nitrogen and oxygen atoms in total. The van der Waals surface area contributed by atoms with Crippen LogP contribution < -0.4 is 0 Å². The van der Waals surface area contributed by atoms with Crippen molar-refractivity contribution in [1.82, 2.24) is 4.98 Å². The maximum Gasteiger partial charge on any atom is 0.384 e. The van der Waals surface area contributed by atoms with Gasteiger partial charge in [0.25, 0.3) is 0 Å². The lowest BCUT2D eigenvalue weighted by atomic mass is 10.1. The number of aliphatic carboxylic acids is 1. The van der Waals surface area contributed by atoms with Gasteiger partial charge in [0.05, 0.1) is 5.02 Å². The molecule has 0 aliphatic rings. The molecular formula is C8H6ClF2NO2. The normalized spacial score (nSPS) is 11.4. The van der Waals surface area contributed by atoms with Crippen molar-refractivity contribution in [2.45, 2.75) is 12.8 Å². The molecule has 0 amide bonds. The van der Waals surface area contributed by atoms with Crippen LogP contribution in [0.4, 0.5) is 8.78 Å². The van der Waals surface area contributed by atoms with Gasteiger partial charge >= 0.3 is 11.9 Å². The van der Waals surface area contributed by atoms with Gasteiger partial charge in [-0.3, -0.25) is 4.98 Å². The zero-order valence-electron chi connectivity index (χ0n) is 7.09. The largest absolute Gasteiger partial charge is 0.476 e. The molecule has 0 saturated heterocycles. The summed E-state index contributed by atoms with van der Waals surface area (Å²) in [6, 6.07) is 1.24. The standard InChI is InChI=1S/C8H6ClF2NO2/c1-4-2-5(9)3-12-6(4)8(10,11)7(13)14/h2-3H,1H3,(H,13,14). The van der Waals surface area contributed by atoms with Gasteiger partial charge < -0.3 is 5.11 Å². The van der Waals surface area contributed by atoms with Crippen LogP contribution in [-0.4, -0.2) is 16.1 Å². The number of halogens is 3. The summed E-state index contributed by atoms with van der Waals surface area (Å²) in [7, 11) is 0. The van der Waals surface area contributed by atoms with E-state index in [1.165, 1.54) is 13.0 Å². The van der Waals surface area contributed by atoms with Gasteiger partial charge in [-0.05, 0) is 18.6 Å². The highest BCUT2D eigenvalue weighted by Gasteiger charge is 2.43. The van der Waals surface area contributed by atoms with Crippen LogP contribution in [0.25, 0.3) is 0 Å². The Bertz CT molecular complexity index is 382. The Morgan fingerprint density at radius 1 is 1.64 bits per heavy atom. The van der Waals surface area contributed by atoms with E-state index in [1.807, 2.05) is 0 Å². The van der Waals surface area contributed by atoms with Gasteiger partial charge in [-0.2, -0.15) is 8.78 Å². The second kappa shape index (κ2) is 3.49. The third kappa shape index (κ3) is 1.82. The van der Waals surface area contributed by atoms with Crippen LogP contribution >= 0.6 is 11.6 Å². The lowest BCUT2D eigenvalue weighted by molar-refractivity contribution is -0.167. The van der Waals surface area contributed by atoms with E-state index in [4.69, 9.17) is 16.7 Å². The molecule has 0 atom stereocenters. The summed E-state index contributed by atoms with van der Waals surface area (Å²) in [5.41, 5.74) is -0.737. The number of rotatable bonds is 2. The molecule has 0 aliphatic carbocycles. The van der Waals surface area contributed by atoms with Gasteiger partial charge in [0.2, 0.25) is 0 Å². The lowest BCUT2D eigenvalue weighted by Gasteiger charge is -2.12. The van der Waals surface area contributed by atoms with E-state index in [2.05, 4.69) is 4.98 Å². The second-order valence-corrected chi connectivity index (χ2v) is 3.14. The van der Waals surface area contributed by atoms with Crippen molar-refractivity contribution in [3.8, 4) is 0 Å². The zero-order chi connectivity index (χ0) is 10.9. The van der Waals surface area contributed by atoms with E-state index < -0.39 is 17.6 Å². The van der Waals surface area contributed by atoms with Gasteiger partial charge in [-0.1, -0.05) is 11.6 Å². The summed E-state index contributed by atoms with van der Waals surface area (Å²) in [6.07, 6.45) is 0.987. The number of carbonyl (C=O) groups is 1. The van der Waals surface area contributed by atoms with Crippen LogP contribution in [0.3, 0.4) is 0 Å². The van der Waals surface area contributed by atoms with Crippen LogP contribution in [-0.2, 0) is 10.7 Å². The number of alkyl halides is 2. The summed E-state index contributed by atoms with van der Waals surface area (Å²) < 4.78 is 25.9. The average molecular weight is 222 g/mol. The first-order valence-corrected chi connectivity index (χ1v) is 3.97. The van der Waals surface area contributed by atoms with Crippen molar-refractivity contribution in [3.05, 3.63) is 28.5 Å². The first kappa shape index (κ1) is 10.8. The van der Waals surface area contributed by atoms with Crippen LogP contribution in [0.2, 0.25) is 5.02 Å². The van der Waals surface area contributed by atoms with Crippen molar-refractivity contribution >= 4 is 17.6 Å². The number of pyridine rings is 1. The molecule has 6 heteroatoms. The quantitative estimate of drug-likeness (QED) is 0.833. The summed E-state index contributed by atoms with van der Waals surface area (Å²) in [5.74, 6) is -6.20. The van der Waals surface area contributed by atoms with Crippen molar-refractivity contribution in [2.75, 3.05) is 0 Å². The second-order valence-electron chi connectivity index (χ2n) is 2.70. The molecule has 1 rings (SSSR count). The van der Waals surface area contributed by atoms with Crippen molar-refractivity contribution in [2.24, 2.45) is 0 Å². The highest BCUT2D eigenvalue weighted by atomic mass is 35.5. The molecule has 0 fully saturated rings. The average Bonchev–Trinajstić information content (AvgIpc) is 2.02. The van der Waals surface area contributed by atoms with Gasteiger partial charge in [0, 0.05) is 6.20 Å². The Morgan fingerprint density at radius 2 is 2.21 bits per heavy atom. The fraction of sp³-hybridized carbons (Fsp3) is 0.250. The van der Waals surface area contributed by atoms with E-state index in [0.717, 1.165) is 6.20 Å². The molecule has 0 unspecified atom stereocenters. The van der Waals surface area contributed by atoms with E-state index in [9.17, 15) is 13.6 Å². The monoisotopic (exact) mass is 221 g/mol. The Labute approximate surface area is 83.3 Å². The van der Waals surface area contributed by atoms with E-state index in [0.29, 0.717) is 0 Å². The Kier molecular flexibility index (Phi) is 2.71. The van der Waals surface area contributed by atoms with Crippen LogP contribution in [0.1, 0.15) is 11.3 Å². The first-order valence-electron chi connectivity index (χ1n) is 3.59. The first-order chi connectivity index (χ1) is 6.35. The fourth-order valence-electron chi connectivity index (χ4n) is 0.970. The molecule has 1 aromatic rings. The number of carboxylic acid groups (broad SMARTS) is 1. The van der Waals surface area contributed by atoms with E-state index in [-0.39, 0.29) is 10.6 Å². The number of aryl methyl sites for hydroxylation is 1. The Morgan fingerprint density at radius 3 is 2.64 bits per heavy atom. The molecule has 14 heavy (non-hydrogen) atoms. The lowest BCUT2D eigenvalue weighted by Crippen LogP contribution is -2.27. The van der Waals surface area contributed by atoms with Crippen LogP contribution in [0, 0.1) is 6.92 Å². The maximum atomic E-state index is 13.0. The molecular weight excluding hydrogens is 216 g/mol. The summed E-state index contributed by atoms with van der Waals surface area (Å²) in [4.78, 5) is 13.5. The summed E-state index contributed by atoms with van der Waals surface area (Å²) in [6.45, 7) is 1.32. The Balaban J connectivity index is 3.26. The van der Waals surface area contributed by atoms with Crippen molar-refractivity contribution < 1.29 is 18.7 Å². The minimum absolute atomic E-state index is 0.0462. The highest BCUT2D eigenvalue weighted by Crippen LogP contribution is 2.29. The van der Waals surface area contributed by atoms with E-state index >= 15 is 0 Å². The molecule has 0 aromatic carbocycles. The minimum Gasteiger partial charge on any atom is -0.476 e. The van der Waals surface area contributed by atoms with Crippen LogP contribution in [0.15, 0.2) is 12.3 Å². The van der Waals surface area contributed by atoms with Gasteiger partial charge in [-0.15, -0.1) is 0 Å².